The lowest BCUT2D eigenvalue weighted by Crippen LogP contribution is -2.31. The van der Waals surface area contributed by atoms with E-state index in [4.69, 9.17) is 0 Å². The fourth-order valence-electron chi connectivity index (χ4n) is 2.32. The van der Waals surface area contributed by atoms with Crippen LogP contribution in [0.4, 0.5) is 0 Å². The van der Waals surface area contributed by atoms with Crippen molar-refractivity contribution in [2.75, 3.05) is 0 Å². The second kappa shape index (κ2) is 4.71. The Kier molecular flexibility index (Phi) is 3.31. The number of aromatic nitrogens is 2. The molecular weight excluding hydrogens is 186 g/mol. The van der Waals surface area contributed by atoms with Gasteiger partial charge in [-0.05, 0) is 24.7 Å². The van der Waals surface area contributed by atoms with Gasteiger partial charge in [0.15, 0.2) is 0 Å². The van der Waals surface area contributed by atoms with Gasteiger partial charge >= 0.3 is 0 Å². The van der Waals surface area contributed by atoms with Gasteiger partial charge in [-0.1, -0.05) is 13.8 Å². The molecule has 1 saturated carbocycles. The summed E-state index contributed by atoms with van der Waals surface area (Å²) in [6.07, 6.45) is 7.98. The van der Waals surface area contributed by atoms with Crippen molar-refractivity contribution < 1.29 is 0 Å². The predicted molar refractivity (Wildman–Crippen MR) is 60.2 cm³/mol. The highest BCUT2D eigenvalue weighted by molar-refractivity contribution is 5.02. The number of nitrogens with one attached hydrogen (secondary N) is 1. The molecule has 1 N–H and O–H groups in total. The highest BCUT2D eigenvalue weighted by Crippen LogP contribution is 2.31. The minimum atomic E-state index is 0.667. The SMILES string of the molecule is CC1CCC(NCc2cncnc2)C1C. The Balaban J connectivity index is 1.84. The van der Waals surface area contributed by atoms with E-state index in [1.807, 2.05) is 12.4 Å². The fraction of sp³-hybridized carbons (Fsp3) is 0.667. The summed E-state index contributed by atoms with van der Waals surface area (Å²) in [5.74, 6) is 1.64. The molecule has 0 amide bonds. The van der Waals surface area contributed by atoms with E-state index in [0.29, 0.717) is 6.04 Å². The summed E-state index contributed by atoms with van der Waals surface area (Å²) in [4.78, 5) is 8.03. The highest BCUT2D eigenvalue weighted by atomic mass is 14.9. The molecule has 0 aromatic carbocycles. The molecule has 0 bridgehead atoms. The molecule has 1 heterocycles. The van der Waals surface area contributed by atoms with Crippen LogP contribution in [0.2, 0.25) is 0 Å². The van der Waals surface area contributed by atoms with E-state index in [0.717, 1.165) is 18.4 Å². The summed E-state index contributed by atoms with van der Waals surface area (Å²) in [5, 5.41) is 3.60. The van der Waals surface area contributed by atoms with Gasteiger partial charge in [0, 0.05) is 30.5 Å². The third-order valence-electron chi connectivity index (χ3n) is 3.65. The highest BCUT2D eigenvalue weighted by Gasteiger charge is 2.28. The lowest BCUT2D eigenvalue weighted by molar-refractivity contribution is 0.369. The summed E-state index contributed by atoms with van der Waals surface area (Å²) in [7, 11) is 0. The first-order valence-electron chi connectivity index (χ1n) is 5.74. The predicted octanol–water partition coefficient (Wildman–Crippen LogP) is 2.00. The van der Waals surface area contributed by atoms with Crippen LogP contribution in [0.15, 0.2) is 18.7 Å². The molecule has 0 spiro atoms. The molecule has 0 aliphatic heterocycles. The van der Waals surface area contributed by atoms with E-state index in [1.165, 1.54) is 18.4 Å². The molecule has 15 heavy (non-hydrogen) atoms. The normalized spacial score (nSPS) is 30.7. The zero-order chi connectivity index (χ0) is 10.7. The topological polar surface area (TPSA) is 37.8 Å². The Labute approximate surface area is 91.3 Å². The molecule has 1 aliphatic rings. The molecule has 3 unspecified atom stereocenters. The monoisotopic (exact) mass is 205 g/mol. The fourth-order valence-corrected chi connectivity index (χ4v) is 2.32. The number of rotatable bonds is 3. The van der Waals surface area contributed by atoms with E-state index in [2.05, 4.69) is 29.1 Å². The van der Waals surface area contributed by atoms with Gasteiger partial charge in [-0.15, -0.1) is 0 Å². The Bertz CT molecular complexity index is 299. The molecule has 3 atom stereocenters. The molecule has 3 nitrogen and oxygen atoms in total. The van der Waals surface area contributed by atoms with Crippen LogP contribution in [-0.4, -0.2) is 16.0 Å². The third kappa shape index (κ3) is 2.53. The van der Waals surface area contributed by atoms with Crippen LogP contribution in [0, 0.1) is 11.8 Å². The van der Waals surface area contributed by atoms with Gasteiger partial charge in [-0.2, -0.15) is 0 Å². The third-order valence-corrected chi connectivity index (χ3v) is 3.65. The Hall–Kier alpha value is -0.960. The molecule has 2 rings (SSSR count). The van der Waals surface area contributed by atoms with Gasteiger partial charge < -0.3 is 5.32 Å². The van der Waals surface area contributed by atoms with Crippen molar-refractivity contribution in [2.45, 2.75) is 39.3 Å². The van der Waals surface area contributed by atoms with Crippen molar-refractivity contribution in [1.82, 2.24) is 15.3 Å². The minimum Gasteiger partial charge on any atom is -0.310 e. The first-order chi connectivity index (χ1) is 7.27. The molecule has 0 radical (unpaired) electrons. The standard InChI is InChI=1S/C12H19N3/c1-9-3-4-12(10(9)2)15-7-11-5-13-8-14-6-11/h5-6,8-10,12,15H,3-4,7H2,1-2H3. The molecule has 1 fully saturated rings. The van der Waals surface area contributed by atoms with Crippen LogP contribution in [-0.2, 0) is 6.54 Å². The molecule has 82 valence electrons. The van der Waals surface area contributed by atoms with Crippen LogP contribution >= 0.6 is 0 Å². The zero-order valence-electron chi connectivity index (χ0n) is 9.48. The maximum Gasteiger partial charge on any atom is 0.115 e. The van der Waals surface area contributed by atoms with Crippen molar-refractivity contribution in [3.05, 3.63) is 24.3 Å². The molecule has 0 saturated heterocycles. The van der Waals surface area contributed by atoms with Crippen molar-refractivity contribution in [1.29, 1.82) is 0 Å². The summed E-state index contributed by atoms with van der Waals surface area (Å²) >= 11 is 0. The van der Waals surface area contributed by atoms with E-state index in [1.54, 1.807) is 6.33 Å². The van der Waals surface area contributed by atoms with Gasteiger partial charge in [0.1, 0.15) is 6.33 Å². The van der Waals surface area contributed by atoms with Crippen LogP contribution < -0.4 is 5.32 Å². The second-order valence-electron chi connectivity index (χ2n) is 4.65. The van der Waals surface area contributed by atoms with Crippen molar-refractivity contribution in [2.24, 2.45) is 11.8 Å². The minimum absolute atomic E-state index is 0.667. The van der Waals surface area contributed by atoms with Gasteiger partial charge in [0.2, 0.25) is 0 Å². The maximum absolute atomic E-state index is 4.01. The van der Waals surface area contributed by atoms with Crippen molar-refractivity contribution >= 4 is 0 Å². The first kappa shape index (κ1) is 10.6. The van der Waals surface area contributed by atoms with E-state index in [9.17, 15) is 0 Å². The average molecular weight is 205 g/mol. The summed E-state index contributed by atoms with van der Waals surface area (Å²) in [6.45, 7) is 5.58. The second-order valence-corrected chi connectivity index (χ2v) is 4.65. The van der Waals surface area contributed by atoms with Crippen molar-refractivity contribution in [3.63, 3.8) is 0 Å². The Morgan fingerprint density at radius 2 is 2.00 bits per heavy atom. The van der Waals surface area contributed by atoms with Crippen LogP contribution in [0.5, 0.6) is 0 Å². The summed E-state index contributed by atoms with van der Waals surface area (Å²) < 4.78 is 0. The van der Waals surface area contributed by atoms with Crippen molar-refractivity contribution in [3.8, 4) is 0 Å². The number of nitrogens with zero attached hydrogens (tertiary/aromatic N) is 2. The number of hydrogen-bond donors (Lipinski definition) is 1. The van der Waals surface area contributed by atoms with Crippen LogP contribution in [0.25, 0.3) is 0 Å². The van der Waals surface area contributed by atoms with Gasteiger partial charge in [0.25, 0.3) is 0 Å². The van der Waals surface area contributed by atoms with Gasteiger partial charge in [-0.3, -0.25) is 0 Å². The first-order valence-corrected chi connectivity index (χ1v) is 5.74. The Morgan fingerprint density at radius 1 is 1.27 bits per heavy atom. The van der Waals surface area contributed by atoms with E-state index >= 15 is 0 Å². The quantitative estimate of drug-likeness (QED) is 0.820. The molecule has 3 heteroatoms. The molecular formula is C12H19N3. The summed E-state index contributed by atoms with van der Waals surface area (Å²) in [6, 6.07) is 0.667. The average Bonchev–Trinajstić information content (AvgIpc) is 2.59. The van der Waals surface area contributed by atoms with Gasteiger partial charge in [0.05, 0.1) is 0 Å². The van der Waals surface area contributed by atoms with Crippen LogP contribution in [0.1, 0.15) is 32.3 Å². The van der Waals surface area contributed by atoms with Gasteiger partial charge in [-0.25, -0.2) is 9.97 Å². The lowest BCUT2D eigenvalue weighted by Gasteiger charge is -2.19. The van der Waals surface area contributed by atoms with E-state index < -0.39 is 0 Å². The number of hydrogen-bond acceptors (Lipinski definition) is 3. The smallest absolute Gasteiger partial charge is 0.115 e. The zero-order valence-corrected chi connectivity index (χ0v) is 9.48. The maximum atomic E-state index is 4.01. The molecule has 1 aromatic heterocycles. The van der Waals surface area contributed by atoms with E-state index in [-0.39, 0.29) is 0 Å². The van der Waals surface area contributed by atoms with Crippen LogP contribution in [0.3, 0.4) is 0 Å². The Morgan fingerprint density at radius 3 is 2.60 bits per heavy atom. The molecule has 1 aliphatic carbocycles. The summed E-state index contributed by atoms with van der Waals surface area (Å²) in [5.41, 5.74) is 1.17. The largest absolute Gasteiger partial charge is 0.310 e. The molecule has 1 aromatic rings. The lowest BCUT2D eigenvalue weighted by atomic mass is 9.98.